The number of hydrogen-bond acceptors (Lipinski definition) is 8. The summed E-state index contributed by atoms with van der Waals surface area (Å²) >= 11 is 12.1. The predicted molar refractivity (Wildman–Crippen MR) is 114 cm³/mol. The van der Waals surface area contributed by atoms with Gasteiger partial charge in [0.15, 0.2) is 0 Å². The van der Waals surface area contributed by atoms with Crippen LogP contribution in [0, 0.1) is 10.1 Å². The van der Waals surface area contributed by atoms with E-state index in [0.717, 1.165) is 5.56 Å². The summed E-state index contributed by atoms with van der Waals surface area (Å²) in [6.07, 6.45) is 2.85. The van der Waals surface area contributed by atoms with Crippen molar-refractivity contribution >= 4 is 46.5 Å². The van der Waals surface area contributed by atoms with Gasteiger partial charge in [0.1, 0.15) is 17.8 Å². The van der Waals surface area contributed by atoms with Crippen LogP contribution in [0.15, 0.2) is 48.8 Å². The Morgan fingerprint density at radius 1 is 0.966 bits per heavy atom. The summed E-state index contributed by atoms with van der Waals surface area (Å²) in [5, 5.41) is 21.1. The van der Waals surface area contributed by atoms with E-state index in [1.807, 2.05) is 6.07 Å². The van der Waals surface area contributed by atoms with Crippen molar-refractivity contribution in [2.45, 2.75) is 6.54 Å². The lowest BCUT2D eigenvalue weighted by atomic mass is 10.2. The SMILES string of the molecule is O=[N+]([O-])c1ccc(NCCNc2nccc(NCc3ccc(Cl)cc3Cl)n2)nc1. The standard InChI is InChI=1S/C18H17Cl2N7O2/c19-13-2-1-12(15(20)9-13)10-24-17-5-6-22-18(26-17)23-8-7-21-16-4-3-14(11-25-16)27(28)29/h1-6,9,11H,7-8,10H2,(H,21,25)(H2,22,23,24,26). The third-order valence-corrected chi connectivity index (χ3v) is 4.39. The van der Waals surface area contributed by atoms with E-state index in [1.54, 1.807) is 30.5 Å². The van der Waals surface area contributed by atoms with Gasteiger partial charge in [-0.3, -0.25) is 10.1 Å². The van der Waals surface area contributed by atoms with Gasteiger partial charge >= 0.3 is 0 Å². The monoisotopic (exact) mass is 433 g/mol. The van der Waals surface area contributed by atoms with Gasteiger partial charge in [-0.1, -0.05) is 29.3 Å². The first-order chi connectivity index (χ1) is 14.0. The zero-order valence-corrected chi connectivity index (χ0v) is 16.6. The van der Waals surface area contributed by atoms with Gasteiger partial charge in [0.25, 0.3) is 5.69 Å². The molecule has 0 atom stereocenters. The van der Waals surface area contributed by atoms with E-state index < -0.39 is 4.92 Å². The van der Waals surface area contributed by atoms with E-state index in [9.17, 15) is 10.1 Å². The number of nitrogens with one attached hydrogen (secondary N) is 3. The van der Waals surface area contributed by atoms with Gasteiger partial charge in [0.05, 0.1) is 4.92 Å². The molecular formula is C18H17Cl2N7O2. The molecule has 2 aromatic heterocycles. The molecular weight excluding hydrogens is 417 g/mol. The summed E-state index contributed by atoms with van der Waals surface area (Å²) in [6.45, 7) is 1.57. The number of rotatable bonds is 9. The number of nitrogens with zero attached hydrogens (tertiary/aromatic N) is 4. The van der Waals surface area contributed by atoms with Gasteiger partial charge in [-0.15, -0.1) is 0 Å². The number of benzene rings is 1. The molecule has 3 rings (SSSR count). The van der Waals surface area contributed by atoms with Gasteiger partial charge < -0.3 is 16.0 Å². The van der Waals surface area contributed by atoms with Crippen molar-refractivity contribution in [1.82, 2.24) is 15.0 Å². The highest BCUT2D eigenvalue weighted by molar-refractivity contribution is 6.35. The van der Waals surface area contributed by atoms with E-state index in [0.29, 0.717) is 47.3 Å². The van der Waals surface area contributed by atoms with Crippen LogP contribution in [0.1, 0.15) is 5.56 Å². The zero-order valence-electron chi connectivity index (χ0n) is 15.1. The van der Waals surface area contributed by atoms with Crippen molar-refractivity contribution in [2.75, 3.05) is 29.0 Å². The molecule has 3 N–H and O–H groups in total. The van der Waals surface area contributed by atoms with Crippen LogP contribution in [0.5, 0.6) is 0 Å². The Morgan fingerprint density at radius 2 is 1.79 bits per heavy atom. The van der Waals surface area contributed by atoms with E-state index >= 15 is 0 Å². The molecule has 3 aromatic rings. The van der Waals surface area contributed by atoms with Gasteiger partial charge in [0.2, 0.25) is 5.95 Å². The molecule has 0 bridgehead atoms. The van der Waals surface area contributed by atoms with Crippen molar-refractivity contribution in [3.63, 3.8) is 0 Å². The number of halogens is 2. The topological polar surface area (TPSA) is 118 Å². The summed E-state index contributed by atoms with van der Waals surface area (Å²) in [6, 6.07) is 10.0. The van der Waals surface area contributed by atoms with Crippen molar-refractivity contribution in [2.24, 2.45) is 0 Å². The van der Waals surface area contributed by atoms with Crippen molar-refractivity contribution < 1.29 is 4.92 Å². The highest BCUT2D eigenvalue weighted by Crippen LogP contribution is 2.21. The maximum absolute atomic E-state index is 10.6. The van der Waals surface area contributed by atoms with Crippen LogP contribution >= 0.6 is 23.2 Å². The Kier molecular flexibility index (Phi) is 6.99. The minimum atomic E-state index is -0.489. The fraction of sp³-hybridized carbons (Fsp3) is 0.167. The smallest absolute Gasteiger partial charge is 0.287 e. The molecule has 150 valence electrons. The van der Waals surface area contributed by atoms with Crippen LogP contribution in [0.2, 0.25) is 10.0 Å². The number of pyridine rings is 1. The van der Waals surface area contributed by atoms with Gasteiger partial charge in [-0.25, -0.2) is 9.97 Å². The lowest BCUT2D eigenvalue weighted by Crippen LogP contribution is -2.16. The fourth-order valence-corrected chi connectivity index (χ4v) is 2.83. The van der Waals surface area contributed by atoms with Crippen LogP contribution in [0.25, 0.3) is 0 Å². The first kappa shape index (κ1) is 20.6. The zero-order chi connectivity index (χ0) is 20.6. The quantitative estimate of drug-likeness (QED) is 0.260. The summed E-state index contributed by atoms with van der Waals surface area (Å²) in [7, 11) is 0. The van der Waals surface area contributed by atoms with Crippen molar-refractivity contribution in [3.8, 4) is 0 Å². The molecule has 0 amide bonds. The second-order valence-electron chi connectivity index (χ2n) is 5.87. The molecule has 29 heavy (non-hydrogen) atoms. The van der Waals surface area contributed by atoms with Crippen LogP contribution in [-0.2, 0) is 6.54 Å². The average molecular weight is 434 g/mol. The molecule has 0 unspecified atom stereocenters. The highest BCUT2D eigenvalue weighted by Gasteiger charge is 2.05. The number of hydrogen-bond donors (Lipinski definition) is 3. The average Bonchev–Trinajstić information content (AvgIpc) is 2.71. The number of nitro groups is 1. The molecule has 2 heterocycles. The minimum absolute atomic E-state index is 0.0497. The normalized spacial score (nSPS) is 10.4. The third-order valence-electron chi connectivity index (χ3n) is 3.80. The summed E-state index contributed by atoms with van der Waals surface area (Å²) in [4.78, 5) is 22.7. The molecule has 0 saturated carbocycles. The Labute approximate surface area is 176 Å². The molecule has 0 aliphatic carbocycles. The van der Waals surface area contributed by atoms with E-state index in [4.69, 9.17) is 23.2 Å². The Balaban J connectivity index is 1.46. The predicted octanol–water partition coefficient (Wildman–Crippen LogP) is 4.22. The molecule has 0 aliphatic heterocycles. The highest BCUT2D eigenvalue weighted by atomic mass is 35.5. The van der Waals surface area contributed by atoms with Crippen LogP contribution in [-0.4, -0.2) is 33.0 Å². The summed E-state index contributed by atoms with van der Waals surface area (Å²) in [5.41, 5.74) is 0.857. The fourth-order valence-electron chi connectivity index (χ4n) is 2.36. The summed E-state index contributed by atoms with van der Waals surface area (Å²) in [5.74, 6) is 1.67. The largest absolute Gasteiger partial charge is 0.368 e. The first-order valence-electron chi connectivity index (χ1n) is 8.60. The first-order valence-corrected chi connectivity index (χ1v) is 9.36. The maximum atomic E-state index is 10.6. The Bertz CT molecular complexity index is 986. The van der Waals surface area contributed by atoms with Gasteiger partial charge in [0, 0.05) is 41.9 Å². The molecule has 0 saturated heterocycles. The Hall–Kier alpha value is -3.17. The van der Waals surface area contributed by atoms with Crippen LogP contribution in [0.4, 0.5) is 23.3 Å². The maximum Gasteiger partial charge on any atom is 0.287 e. The van der Waals surface area contributed by atoms with Gasteiger partial charge in [-0.2, -0.15) is 4.98 Å². The minimum Gasteiger partial charge on any atom is -0.368 e. The molecule has 11 heteroatoms. The number of aromatic nitrogens is 3. The summed E-state index contributed by atoms with van der Waals surface area (Å²) < 4.78 is 0. The van der Waals surface area contributed by atoms with E-state index in [-0.39, 0.29) is 5.69 Å². The Morgan fingerprint density at radius 3 is 2.52 bits per heavy atom. The lowest BCUT2D eigenvalue weighted by Gasteiger charge is -2.10. The second-order valence-corrected chi connectivity index (χ2v) is 6.71. The molecule has 1 aromatic carbocycles. The van der Waals surface area contributed by atoms with Crippen molar-refractivity contribution in [3.05, 3.63) is 74.5 Å². The van der Waals surface area contributed by atoms with E-state index in [1.165, 1.54) is 12.3 Å². The third kappa shape index (κ3) is 6.16. The molecule has 9 nitrogen and oxygen atoms in total. The van der Waals surface area contributed by atoms with E-state index in [2.05, 4.69) is 30.9 Å². The van der Waals surface area contributed by atoms with Crippen LogP contribution in [0.3, 0.4) is 0 Å². The second kappa shape index (κ2) is 9.85. The lowest BCUT2D eigenvalue weighted by molar-refractivity contribution is -0.385. The number of anilines is 3. The molecule has 0 aliphatic rings. The molecule has 0 radical (unpaired) electrons. The molecule has 0 spiro atoms. The van der Waals surface area contributed by atoms with Crippen molar-refractivity contribution in [1.29, 1.82) is 0 Å². The van der Waals surface area contributed by atoms with Crippen LogP contribution < -0.4 is 16.0 Å². The molecule has 0 fully saturated rings. The van der Waals surface area contributed by atoms with Gasteiger partial charge in [-0.05, 0) is 29.8 Å².